The van der Waals surface area contributed by atoms with Crippen molar-refractivity contribution in [1.29, 1.82) is 0 Å². The largest absolute Gasteiger partial charge is 0.414 e. The zero-order valence-electron chi connectivity index (χ0n) is 18.1. The molecule has 1 aromatic carbocycles. The maximum Gasteiger partial charge on any atom is 0.192 e. The molecule has 0 spiro atoms. The van der Waals surface area contributed by atoms with Gasteiger partial charge in [-0.25, -0.2) is 0 Å². The van der Waals surface area contributed by atoms with Crippen LogP contribution in [0.25, 0.3) is 0 Å². The normalized spacial score (nSPS) is 17.4. The van der Waals surface area contributed by atoms with E-state index in [4.69, 9.17) is 33.2 Å². The molecule has 3 rings (SSSR count). The van der Waals surface area contributed by atoms with Gasteiger partial charge in [0.2, 0.25) is 0 Å². The lowest BCUT2D eigenvalue weighted by Gasteiger charge is -2.36. The SMILES string of the molecule is Cc1sc2c(c1C)C(c1ccc(Cl)cc1)=N[C@@H](CO[Si](C)(C)C(C)(C)C)C(=S)N2. The van der Waals surface area contributed by atoms with E-state index in [2.05, 4.69) is 53.0 Å². The minimum Gasteiger partial charge on any atom is -0.414 e. The van der Waals surface area contributed by atoms with Gasteiger partial charge < -0.3 is 9.74 Å². The number of hydrogen-bond donors (Lipinski definition) is 1. The van der Waals surface area contributed by atoms with Crippen molar-refractivity contribution in [3.8, 4) is 0 Å². The van der Waals surface area contributed by atoms with E-state index in [9.17, 15) is 0 Å². The molecule has 0 aliphatic carbocycles. The summed E-state index contributed by atoms with van der Waals surface area (Å²) in [4.78, 5) is 7.12. The predicted molar refractivity (Wildman–Crippen MR) is 134 cm³/mol. The van der Waals surface area contributed by atoms with Gasteiger partial charge in [-0.15, -0.1) is 11.3 Å². The van der Waals surface area contributed by atoms with Crippen LogP contribution in [0.4, 0.5) is 5.00 Å². The van der Waals surface area contributed by atoms with Gasteiger partial charge in [-0.3, -0.25) is 4.99 Å². The van der Waals surface area contributed by atoms with Crippen LogP contribution in [-0.4, -0.2) is 31.7 Å². The van der Waals surface area contributed by atoms with Crippen molar-refractivity contribution in [2.75, 3.05) is 11.9 Å². The fourth-order valence-corrected chi connectivity index (χ4v) is 5.41. The molecule has 156 valence electrons. The summed E-state index contributed by atoms with van der Waals surface area (Å²) in [6.45, 7) is 16.0. The average molecular weight is 465 g/mol. The van der Waals surface area contributed by atoms with Gasteiger partial charge in [0.1, 0.15) is 16.0 Å². The van der Waals surface area contributed by atoms with Crippen LogP contribution in [0.3, 0.4) is 0 Å². The molecular formula is C22H29ClN2OS2Si. The Hall–Kier alpha value is -1.05. The van der Waals surface area contributed by atoms with Gasteiger partial charge >= 0.3 is 0 Å². The molecule has 1 aliphatic heterocycles. The van der Waals surface area contributed by atoms with E-state index in [1.54, 1.807) is 11.3 Å². The van der Waals surface area contributed by atoms with Crippen LogP contribution in [-0.2, 0) is 4.43 Å². The summed E-state index contributed by atoms with van der Waals surface area (Å²) in [5.41, 5.74) is 4.36. The Labute approximate surface area is 189 Å². The molecular weight excluding hydrogens is 436 g/mol. The number of nitrogens with one attached hydrogen (secondary N) is 1. The monoisotopic (exact) mass is 464 g/mol. The lowest BCUT2D eigenvalue weighted by atomic mass is 10.00. The Morgan fingerprint density at radius 3 is 2.41 bits per heavy atom. The molecule has 1 N–H and O–H groups in total. The molecule has 0 saturated heterocycles. The van der Waals surface area contributed by atoms with Gasteiger partial charge in [-0.1, -0.05) is 56.7 Å². The molecule has 7 heteroatoms. The van der Waals surface area contributed by atoms with Crippen molar-refractivity contribution in [2.45, 2.75) is 58.8 Å². The molecule has 1 aromatic heterocycles. The number of thiophene rings is 1. The van der Waals surface area contributed by atoms with E-state index in [-0.39, 0.29) is 11.1 Å². The molecule has 0 bridgehead atoms. The van der Waals surface area contributed by atoms with Crippen LogP contribution in [0.15, 0.2) is 29.3 Å². The predicted octanol–water partition coefficient (Wildman–Crippen LogP) is 7.00. The van der Waals surface area contributed by atoms with Crippen molar-refractivity contribution in [2.24, 2.45) is 4.99 Å². The van der Waals surface area contributed by atoms with Crippen molar-refractivity contribution in [3.05, 3.63) is 50.9 Å². The lowest BCUT2D eigenvalue weighted by Crippen LogP contribution is -2.43. The van der Waals surface area contributed by atoms with Crippen molar-refractivity contribution < 1.29 is 4.43 Å². The van der Waals surface area contributed by atoms with E-state index in [1.807, 2.05) is 24.3 Å². The third-order valence-corrected chi connectivity index (χ3v) is 12.2. The van der Waals surface area contributed by atoms with Crippen LogP contribution >= 0.6 is 35.2 Å². The number of thiocarbonyl (C=S) groups is 1. The van der Waals surface area contributed by atoms with Gasteiger partial charge in [-0.2, -0.15) is 0 Å². The molecule has 0 radical (unpaired) electrons. The van der Waals surface area contributed by atoms with Crippen LogP contribution < -0.4 is 5.32 Å². The third-order valence-electron chi connectivity index (χ3n) is 5.97. The van der Waals surface area contributed by atoms with Crippen molar-refractivity contribution in [3.63, 3.8) is 0 Å². The summed E-state index contributed by atoms with van der Waals surface area (Å²) < 4.78 is 6.48. The topological polar surface area (TPSA) is 33.6 Å². The first-order chi connectivity index (χ1) is 13.4. The van der Waals surface area contributed by atoms with E-state index in [0.29, 0.717) is 11.6 Å². The highest BCUT2D eigenvalue weighted by Crippen LogP contribution is 2.38. The number of aliphatic imine (C=N–C) groups is 1. The van der Waals surface area contributed by atoms with Crippen molar-refractivity contribution in [1.82, 2.24) is 0 Å². The standard InChI is InChI=1S/C22H29ClN2OS2Si/c1-13-14(2)28-21-18(13)19(15-8-10-16(23)11-9-15)24-17(20(27)25-21)12-26-29(6,7)22(3,4)5/h8-11,17H,12H2,1-7H3,(H,25,27)/t17-/m0/s1. The number of halogens is 1. The Balaban J connectivity index is 2.04. The number of benzene rings is 1. The number of hydrogen-bond acceptors (Lipinski definition) is 4. The Kier molecular flexibility index (Phi) is 6.42. The molecule has 0 fully saturated rings. The maximum atomic E-state index is 6.48. The number of fused-ring (bicyclic) bond motifs is 1. The van der Waals surface area contributed by atoms with Gasteiger partial charge in [-0.05, 0) is 49.7 Å². The minimum absolute atomic E-state index is 0.141. The molecule has 2 aromatic rings. The molecule has 0 unspecified atom stereocenters. The molecule has 2 heterocycles. The number of aryl methyl sites for hydroxylation is 1. The van der Waals surface area contributed by atoms with Gasteiger partial charge in [0.15, 0.2) is 8.32 Å². The molecule has 1 aliphatic rings. The Morgan fingerprint density at radius 1 is 1.21 bits per heavy atom. The summed E-state index contributed by atoms with van der Waals surface area (Å²) in [7, 11) is -1.90. The van der Waals surface area contributed by atoms with Crippen LogP contribution in [0.1, 0.15) is 42.3 Å². The summed E-state index contributed by atoms with van der Waals surface area (Å²) in [6.07, 6.45) is 0. The van der Waals surface area contributed by atoms with Gasteiger partial charge in [0, 0.05) is 21.0 Å². The Bertz CT molecular complexity index is 958. The molecule has 3 nitrogen and oxygen atoms in total. The van der Waals surface area contributed by atoms with E-state index >= 15 is 0 Å². The van der Waals surface area contributed by atoms with Crippen molar-refractivity contribution >= 4 is 59.2 Å². The summed E-state index contributed by atoms with van der Waals surface area (Å²) in [5, 5.41) is 5.38. The lowest BCUT2D eigenvalue weighted by molar-refractivity contribution is 0.285. The highest BCUT2D eigenvalue weighted by molar-refractivity contribution is 7.80. The third kappa shape index (κ3) is 4.67. The van der Waals surface area contributed by atoms with Crippen LogP contribution in [0.2, 0.25) is 23.2 Å². The molecule has 0 amide bonds. The highest BCUT2D eigenvalue weighted by atomic mass is 35.5. The van der Waals surface area contributed by atoms with Gasteiger partial charge in [0.25, 0.3) is 0 Å². The summed E-state index contributed by atoms with van der Waals surface area (Å²) >= 11 is 13.6. The first kappa shape index (κ1) is 22.6. The fourth-order valence-electron chi connectivity index (χ4n) is 2.92. The second-order valence-electron chi connectivity index (χ2n) is 9.05. The quantitative estimate of drug-likeness (QED) is 0.390. The maximum absolute atomic E-state index is 6.48. The first-order valence-corrected chi connectivity index (χ1v) is 14.3. The smallest absolute Gasteiger partial charge is 0.192 e. The summed E-state index contributed by atoms with van der Waals surface area (Å²) in [5.74, 6) is 0. The van der Waals surface area contributed by atoms with Crippen LogP contribution in [0.5, 0.6) is 0 Å². The number of nitrogens with zero attached hydrogens (tertiary/aromatic N) is 1. The first-order valence-electron chi connectivity index (χ1n) is 9.79. The van der Waals surface area contributed by atoms with E-state index in [1.165, 1.54) is 10.4 Å². The summed E-state index contributed by atoms with van der Waals surface area (Å²) in [6, 6.07) is 7.65. The van der Waals surface area contributed by atoms with E-state index in [0.717, 1.165) is 26.8 Å². The van der Waals surface area contributed by atoms with E-state index < -0.39 is 8.32 Å². The minimum atomic E-state index is -1.90. The van der Waals surface area contributed by atoms with Crippen LogP contribution in [0, 0.1) is 13.8 Å². The highest BCUT2D eigenvalue weighted by Gasteiger charge is 2.38. The average Bonchev–Trinajstić information content (AvgIpc) is 2.81. The molecule has 29 heavy (non-hydrogen) atoms. The second-order valence-corrected chi connectivity index (χ2v) is 16.0. The number of rotatable bonds is 4. The zero-order valence-corrected chi connectivity index (χ0v) is 21.5. The fraction of sp³-hybridized carbons (Fsp3) is 0.455. The molecule has 0 saturated carbocycles. The molecule has 1 atom stereocenters. The Morgan fingerprint density at radius 2 is 1.83 bits per heavy atom. The zero-order chi connectivity index (χ0) is 21.6. The van der Waals surface area contributed by atoms with Gasteiger partial charge in [0.05, 0.1) is 12.3 Å². The number of anilines is 1. The second kappa shape index (κ2) is 8.23.